The quantitative estimate of drug-likeness (QED) is 0.856. The first-order chi connectivity index (χ1) is 9.28. The summed E-state index contributed by atoms with van der Waals surface area (Å²) in [5.41, 5.74) is 6.07. The monoisotopic (exact) mass is 281 g/mol. The van der Waals surface area contributed by atoms with E-state index in [1.54, 1.807) is 0 Å². The maximum Gasteiger partial charge on any atom is 0.226 e. The summed E-state index contributed by atoms with van der Waals surface area (Å²) >= 11 is 0. The number of carbonyl (C=O) groups is 1. The minimum atomic E-state index is 0.0434. The lowest BCUT2D eigenvalue weighted by molar-refractivity contribution is -0.141. The second-order valence-corrected chi connectivity index (χ2v) is 7.76. The van der Waals surface area contributed by atoms with E-state index >= 15 is 0 Å². The first kappa shape index (κ1) is 15.8. The van der Waals surface area contributed by atoms with Crippen molar-refractivity contribution in [2.75, 3.05) is 32.7 Å². The minimum Gasteiger partial charge on any atom is -0.340 e. The highest BCUT2D eigenvalue weighted by Crippen LogP contribution is 2.43. The Labute approximate surface area is 123 Å². The van der Waals surface area contributed by atoms with Crippen LogP contribution in [0.3, 0.4) is 0 Å². The van der Waals surface area contributed by atoms with Gasteiger partial charge in [-0.25, -0.2) is 0 Å². The van der Waals surface area contributed by atoms with Gasteiger partial charge in [-0.15, -0.1) is 0 Å². The second-order valence-electron chi connectivity index (χ2n) is 7.76. The largest absolute Gasteiger partial charge is 0.340 e. The summed E-state index contributed by atoms with van der Waals surface area (Å²) < 4.78 is 0. The summed E-state index contributed by atoms with van der Waals surface area (Å²) in [6, 6.07) is 0. The molecule has 0 bridgehead atoms. The van der Waals surface area contributed by atoms with E-state index < -0.39 is 0 Å². The fourth-order valence-electron chi connectivity index (χ4n) is 3.67. The molecule has 2 rings (SSSR count). The summed E-state index contributed by atoms with van der Waals surface area (Å²) in [5.74, 6) is 0.620. The minimum absolute atomic E-state index is 0.0434. The highest BCUT2D eigenvalue weighted by Gasteiger charge is 2.42. The van der Waals surface area contributed by atoms with Gasteiger partial charge in [-0.3, -0.25) is 9.69 Å². The van der Waals surface area contributed by atoms with E-state index in [1.807, 2.05) is 0 Å². The normalized spacial score (nSPS) is 27.9. The van der Waals surface area contributed by atoms with E-state index in [-0.39, 0.29) is 16.9 Å². The molecule has 0 aromatic heterocycles. The van der Waals surface area contributed by atoms with Crippen molar-refractivity contribution in [3.63, 3.8) is 0 Å². The first-order valence-corrected chi connectivity index (χ1v) is 8.02. The molecule has 1 aliphatic heterocycles. The van der Waals surface area contributed by atoms with Gasteiger partial charge in [0.05, 0.1) is 0 Å². The summed E-state index contributed by atoms with van der Waals surface area (Å²) in [7, 11) is 0. The zero-order valence-corrected chi connectivity index (χ0v) is 13.6. The lowest BCUT2D eigenvalue weighted by Crippen LogP contribution is -2.59. The molecule has 4 heteroatoms. The van der Waals surface area contributed by atoms with Gasteiger partial charge in [-0.2, -0.15) is 0 Å². The van der Waals surface area contributed by atoms with Crippen molar-refractivity contribution in [3.8, 4) is 0 Å². The molecule has 4 nitrogen and oxygen atoms in total. The smallest absolute Gasteiger partial charge is 0.226 e. The highest BCUT2D eigenvalue weighted by molar-refractivity contribution is 5.80. The van der Waals surface area contributed by atoms with Crippen molar-refractivity contribution in [1.82, 2.24) is 9.80 Å². The molecule has 0 spiro atoms. The molecule has 2 aliphatic rings. The van der Waals surface area contributed by atoms with Gasteiger partial charge in [0.15, 0.2) is 0 Å². The Morgan fingerprint density at radius 1 is 1.25 bits per heavy atom. The number of carbonyl (C=O) groups excluding carboxylic acids is 1. The van der Waals surface area contributed by atoms with Gasteiger partial charge in [0.25, 0.3) is 0 Å². The van der Waals surface area contributed by atoms with E-state index in [0.717, 1.165) is 32.6 Å². The number of hydrogen-bond acceptors (Lipinski definition) is 3. The van der Waals surface area contributed by atoms with E-state index in [0.29, 0.717) is 12.5 Å². The van der Waals surface area contributed by atoms with E-state index in [1.165, 1.54) is 12.8 Å². The molecule has 20 heavy (non-hydrogen) atoms. The van der Waals surface area contributed by atoms with Crippen molar-refractivity contribution in [1.29, 1.82) is 0 Å². The standard InChI is InChI=1S/C16H31N3O/c1-15(2)7-5-6-13(15)14(20)18-8-10-19(11-9-18)16(3,4)12-17/h13H,5-12,17H2,1-4H3. The zero-order chi connectivity index (χ0) is 15.0. The van der Waals surface area contributed by atoms with Gasteiger partial charge < -0.3 is 10.6 Å². The molecule has 0 radical (unpaired) electrons. The number of nitrogens with zero attached hydrogens (tertiary/aromatic N) is 2. The van der Waals surface area contributed by atoms with Crippen LogP contribution in [0.15, 0.2) is 0 Å². The van der Waals surface area contributed by atoms with Crippen LogP contribution in [-0.2, 0) is 4.79 Å². The third kappa shape index (κ3) is 3.01. The Hall–Kier alpha value is -0.610. The summed E-state index contributed by atoms with van der Waals surface area (Å²) in [6.07, 6.45) is 3.45. The van der Waals surface area contributed by atoms with Crippen LogP contribution in [0.25, 0.3) is 0 Å². The van der Waals surface area contributed by atoms with Crippen LogP contribution in [0.1, 0.15) is 47.0 Å². The van der Waals surface area contributed by atoms with Crippen LogP contribution in [0, 0.1) is 11.3 Å². The van der Waals surface area contributed by atoms with Gasteiger partial charge in [0.2, 0.25) is 5.91 Å². The topological polar surface area (TPSA) is 49.6 Å². The molecule has 1 aliphatic carbocycles. The molecule has 2 fully saturated rings. The average Bonchev–Trinajstić information content (AvgIpc) is 2.77. The van der Waals surface area contributed by atoms with Crippen molar-refractivity contribution in [2.45, 2.75) is 52.5 Å². The van der Waals surface area contributed by atoms with Crippen LogP contribution in [0.2, 0.25) is 0 Å². The van der Waals surface area contributed by atoms with Gasteiger partial charge in [0.1, 0.15) is 0 Å². The Bertz CT molecular complexity index is 357. The van der Waals surface area contributed by atoms with E-state index in [4.69, 9.17) is 5.73 Å². The third-order valence-corrected chi connectivity index (χ3v) is 5.50. The molecular formula is C16H31N3O. The SMILES string of the molecule is CC1(C)CCCC1C(=O)N1CCN(C(C)(C)CN)CC1. The summed E-state index contributed by atoms with van der Waals surface area (Å²) in [4.78, 5) is 17.2. The lowest BCUT2D eigenvalue weighted by Gasteiger charge is -2.44. The molecule has 1 saturated carbocycles. The maximum absolute atomic E-state index is 12.7. The molecule has 0 aromatic rings. The number of amides is 1. The van der Waals surface area contributed by atoms with Gasteiger partial charge in [-0.05, 0) is 32.1 Å². The van der Waals surface area contributed by atoms with Crippen molar-refractivity contribution in [2.24, 2.45) is 17.1 Å². The Morgan fingerprint density at radius 2 is 1.85 bits per heavy atom. The molecule has 1 amide bonds. The predicted molar refractivity (Wildman–Crippen MR) is 82.4 cm³/mol. The molecular weight excluding hydrogens is 250 g/mol. The van der Waals surface area contributed by atoms with E-state index in [9.17, 15) is 4.79 Å². The lowest BCUT2D eigenvalue weighted by atomic mass is 9.81. The molecule has 116 valence electrons. The predicted octanol–water partition coefficient (Wildman–Crippen LogP) is 1.69. The van der Waals surface area contributed by atoms with E-state index in [2.05, 4.69) is 37.5 Å². The molecule has 1 unspecified atom stereocenters. The molecule has 0 aromatic carbocycles. The van der Waals surface area contributed by atoms with Crippen LogP contribution >= 0.6 is 0 Å². The molecule has 1 atom stereocenters. The number of piperazine rings is 1. The zero-order valence-electron chi connectivity index (χ0n) is 13.6. The first-order valence-electron chi connectivity index (χ1n) is 8.02. The van der Waals surface area contributed by atoms with Crippen LogP contribution in [-0.4, -0.2) is 54.0 Å². The molecule has 1 heterocycles. The van der Waals surface area contributed by atoms with Crippen molar-refractivity contribution < 1.29 is 4.79 Å². The number of rotatable bonds is 3. The number of nitrogens with two attached hydrogens (primary N) is 1. The van der Waals surface area contributed by atoms with Gasteiger partial charge >= 0.3 is 0 Å². The Balaban J connectivity index is 1.92. The highest BCUT2D eigenvalue weighted by atomic mass is 16.2. The maximum atomic E-state index is 12.7. The van der Waals surface area contributed by atoms with Crippen LogP contribution in [0.4, 0.5) is 0 Å². The van der Waals surface area contributed by atoms with Gasteiger partial charge in [-0.1, -0.05) is 20.3 Å². The summed E-state index contributed by atoms with van der Waals surface area (Å²) in [6.45, 7) is 13.1. The van der Waals surface area contributed by atoms with Gasteiger partial charge in [0, 0.05) is 44.2 Å². The number of hydrogen-bond donors (Lipinski definition) is 1. The molecule has 1 saturated heterocycles. The fourth-order valence-corrected chi connectivity index (χ4v) is 3.67. The fraction of sp³-hybridized carbons (Fsp3) is 0.938. The second kappa shape index (κ2) is 5.64. The van der Waals surface area contributed by atoms with Crippen LogP contribution in [0.5, 0.6) is 0 Å². The Kier molecular flexibility index (Phi) is 4.45. The average molecular weight is 281 g/mol. The third-order valence-electron chi connectivity index (χ3n) is 5.50. The van der Waals surface area contributed by atoms with Crippen molar-refractivity contribution in [3.05, 3.63) is 0 Å². The van der Waals surface area contributed by atoms with Crippen molar-refractivity contribution >= 4 is 5.91 Å². The van der Waals surface area contributed by atoms with Crippen LogP contribution < -0.4 is 5.73 Å². The Morgan fingerprint density at radius 3 is 2.30 bits per heavy atom. The molecule has 2 N–H and O–H groups in total. The summed E-state index contributed by atoms with van der Waals surface area (Å²) in [5, 5.41) is 0.